The van der Waals surface area contributed by atoms with Crippen molar-refractivity contribution < 1.29 is 38.7 Å². The Labute approximate surface area is 112 Å². The fourth-order valence-electron chi connectivity index (χ4n) is 0.780. The number of esters is 2. The summed E-state index contributed by atoms with van der Waals surface area (Å²) in [5.41, 5.74) is 0. The first-order valence-electron chi connectivity index (χ1n) is 5.56. The molecule has 114 valence electrons. The number of aliphatic hydroxyl groups is 2. The zero-order valence-electron chi connectivity index (χ0n) is 11.5. The van der Waals surface area contributed by atoms with Crippen LogP contribution in [0.25, 0.3) is 0 Å². The Morgan fingerprint density at radius 3 is 1.89 bits per heavy atom. The summed E-state index contributed by atoms with van der Waals surface area (Å²) in [6.45, 7) is 1.15. The lowest BCUT2D eigenvalue weighted by Gasteiger charge is -2.12. The van der Waals surface area contributed by atoms with E-state index in [1.165, 1.54) is 14.2 Å². The molecule has 2 N–H and O–H groups in total. The summed E-state index contributed by atoms with van der Waals surface area (Å²) < 4.78 is 18.7. The maximum atomic E-state index is 10.9. The van der Waals surface area contributed by atoms with Gasteiger partial charge in [0.25, 0.3) is 0 Å². The highest BCUT2D eigenvalue weighted by Gasteiger charge is 2.11. The smallest absolute Gasteiger partial charge is 0.332 e. The molecule has 0 aromatic heterocycles. The molecule has 0 radical (unpaired) electrons. The van der Waals surface area contributed by atoms with Gasteiger partial charge in [0.1, 0.15) is 25.9 Å². The van der Waals surface area contributed by atoms with Gasteiger partial charge in [-0.2, -0.15) is 0 Å². The lowest BCUT2D eigenvalue weighted by molar-refractivity contribution is -0.162. The average Bonchev–Trinajstić information content (AvgIpc) is 2.37. The average molecular weight is 282 g/mol. The Balaban J connectivity index is 0. The third-order valence-electron chi connectivity index (χ3n) is 1.44. The summed E-state index contributed by atoms with van der Waals surface area (Å²) in [6, 6.07) is 0. The van der Waals surface area contributed by atoms with Crippen molar-refractivity contribution in [3.05, 3.63) is 0 Å². The van der Waals surface area contributed by atoms with Crippen LogP contribution in [0.15, 0.2) is 0 Å². The van der Waals surface area contributed by atoms with Gasteiger partial charge >= 0.3 is 11.9 Å². The molecule has 0 heterocycles. The van der Waals surface area contributed by atoms with Crippen LogP contribution >= 0.6 is 0 Å². The minimum absolute atomic E-state index is 0.0116. The molecule has 1 atom stereocenters. The van der Waals surface area contributed by atoms with Gasteiger partial charge in [0.15, 0.2) is 0 Å². The minimum Gasteiger partial charge on any atom is -0.460 e. The van der Waals surface area contributed by atoms with E-state index in [4.69, 9.17) is 19.7 Å². The zero-order chi connectivity index (χ0) is 15.1. The topological polar surface area (TPSA) is 112 Å². The molecule has 0 saturated carbocycles. The molecule has 0 fully saturated rings. The van der Waals surface area contributed by atoms with E-state index in [0.29, 0.717) is 0 Å². The Kier molecular flexibility index (Phi) is 15.7. The lowest BCUT2D eigenvalue weighted by Crippen LogP contribution is -2.25. The summed E-state index contributed by atoms with van der Waals surface area (Å²) in [7, 11) is 2.79. The molecule has 0 aromatic rings. The number of carbonyl (C=O) groups is 2. The summed E-state index contributed by atoms with van der Waals surface area (Å²) in [5.74, 6) is -0.986. The Hall–Kier alpha value is -1.22. The molecule has 0 bridgehead atoms. The number of ether oxygens (including phenoxy) is 4. The molecule has 8 heteroatoms. The number of hydrogen-bond acceptors (Lipinski definition) is 8. The van der Waals surface area contributed by atoms with E-state index < -0.39 is 18.0 Å². The van der Waals surface area contributed by atoms with Gasteiger partial charge in [-0.3, -0.25) is 0 Å². The Morgan fingerprint density at radius 2 is 1.47 bits per heavy atom. The van der Waals surface area contributed by atoms with Gasteiger partial charge in [-0.25, -0.2) is 9.59 Å². The molecule has 0 rings (SSSR count). The predicted octanol–water partition coefficient (Wildman–Crippen LogP) is -1.27. The molecule has 0 aliphatic rings. The standard InChI is InChI=1S/C9H16O6.C2H6O2/c1-7(15-9(11)6-13-3)4-14-8(10)5-12-2;3-1-2-4/h7H,4-6H2,1-3H3;3-4H,1-2H2. The third kappa shape index (κ3) is 16.8. The maximum absolute atomic E-state index is 10.9. The largest absolute Gasteiger partial charge is 0.460 e. The molecule has 0 aliphatic carbocycles. The molecule has 0 spiro atoms. The van der Waals surface area contributed by atoms with Crippen LogP contribution in [0.4, 0.5) is 0 Å². The van der Waals surface area contributed by atoms with Gasteiger partial charge in [-0.1, -0.05) is 0 Å². The molecular formula is C11H22O8. The molecule has 0 aromatic carbocycles. The zero-order valence-corrected chi connectivity index (χ0v) is 11.5. The molecule has 8 nitrogen and oxygen atoms in total. The molecule has 1 unspecified atom stereocenters. The van der Waals surface area contributed by atoms with Crippen LogP contribution in [0.1, 0.15) is 6.92 Å². The number of carbonyl (C=O) groups excluding carboxylic acids is 2. The third-order valence-corrected chi connectivity index (χ3v) is 1.44. The number of hydrogen-bond donors (Lipinski definition) is 2. The van der Waals surface area contributed by atoms with Gasteiger partial charge in [0.2, 0.25) is 0 Å². The Morgan fingerprint density at radius 1 is 1.00 bits per heavy atom. The summed E-state index contributed by atoms with van der Waals surface area (Å²) in [4.78, 5) is 21.8. The highest BCUT2D eigenvalue weighted by molar-refractivity contribution is 5.71. The van der Waals surface area contributed by atoms with E-state index >= 15 is 0 Å². The second kappa shape index (κ2) is 14.8. The van der Waals surface area contributed by atoms with Gasteiger partial charge in [0, 0.05) is 14.2 Å². The van der Waals surface area contributed by atoms with Crippen molar-refractivity contribution in [1.82, 2.24) is 0 Å². The molecular weight excluding hydrogens is 260 g/mol. The van der Waals surface area contributed by atoms with Crippen LogP contribution in [0.3, 0.4) is 0 Å². The monoisotopic (exact) mass is 282 g/mol. The minimum atomic E-state index is -0.493. The van der Waals surface area contributed by atoms with Crippen molar-refractivity contribution in [2.45, 2.75) is 13.0 Å². The first-order valence-corrected chi connectivity index (χ1v) is 5.56. The van der Waals surface area contributed by atoms with Crippen molar-refractivity contribution in [3.8, 4) is 0 Å². The van der Waals surface area contributed by atoms with Crippen molar-refractivity contribution in [2.24, 2.45) is 0 Å². The summed E-state index contributed by atoms with van der Waals surface area (Å²) in [6.07, 6.45) is -0.492. The molecule has 19 heavy (non-hydrogen) atoms. The van der Waals surface area contributed by atoms with E-state index in [-0.39, 0.29) is 33.0 Å². The van der Waals surface area contributed by atoms with Crippen LogP contribution in [-0.4, -0.2) is 75.5 Å². The molecule has 0 aliphatic heterocycles. The quantitative estimate of drug-likeness (QED) is 0.530. The van der Waals surface area contributed by atoms with Gasteiger partial charge < -0.3 is 29.2 Å². The molecule has 0 saturated heterocycles. The highest BCUT2D eigenvalue weighted by Crippen LogP contribution is 1.94. The van der Waals surface area contributed by atoms with Crippen molar-refractivity contribution in [1.29, 1.82) is 0 Å². The van der Waals surface area contributed by atoms with E-state index in [0.717, 1.165) is 0 Å². The fourth-order valence-corrected chi connectivity index (χ4v) is 0.780. The first kappa shape index (κ1) is 20.1. The fraction of sp³-hybridized carbons (Fsp3) is 0.818. The number of methoxy groups -OCH3 is 2. The Bertz CT molecular complexity index is 229. The maximum Gasteiger partial charge on any atom is 0.332 e. The normalized spacial score (nSPS) is 11.0. The highest BCUT2D eigenvalue weighted by atomic mass is 16.6. The van der Waals surface area contributed by atoms with Crippen molar-refractivity contribution >= 4 is 11.9 Å². The van der Waals surface area contributed by atoms with Crippen LogP contribution in [0, 0.1) is 0 Å². The van der Waals surface area contributed by atoms with E-state index in [1.807, 2.05) is 0 Å². The van der Waals surface area contributed by atoms with Crippen molar-refractivity contribution in [3.63, 3.8) is 0 Å². The van der Waals surface area contributed by atoms with Gasteiger partial charge in [0.05, 0.1) is 13.2 Å². The SMILES string of the molecule is COCC(=O)OCC(C)OC(=O)COC.OCCO. The summed E-state index contributed by atoms with van der Waals surface area (Å²) >= 11 is 0. The lowest BCUT2D eigenvalue weighted by atomic mass is 10.4. The second-order valence-corrected chi connectivity index (χ2v) is 3.30. The van der Waals surface area contributed by atoms with Crippen LogP contribution in [0.2, 0.25) is 0 Å². The molecule has 0 amide bonds. The first-order chi connectivity index (χ1) is 9.01. The van der Waals surface area contributed by atoms with Crippen molar-refractivity contribution in [2.75, 3.05) is 47.3 Å². The van der Waals surface area contributed by atoms with Crippen LogP contribution in [0.5, 0.6) is 0 Å². The summed E-state index contributed by atoms with van der Waals surface area (Å²) in [5, 5.41) is 15.2. The second-order valence-electron chi connectivity index (χ2n) is 3.30. The van der Waals surface area contributed by atoms with Gasteiger partial charge in [-0.05, 0) is 6.92 Å². The van der Waals surface area contributed by atoms with E-state index in [9.17, 15) is 9.59 Å². The van der Waals surface area contributed by atoms with Crippen LogP contribution < -0.4 is 0 Å². The van der Waals surface area contributed by atoms with E-state index in [2.05, 4.69) is 9.47 Å². The number of rotatable bonds is 8. The predicted molar refractivity (Wildman–Crippen MR) is 64.4 cm³/mol. The van der Waals surface area contributed by atoms with E-state index in [1.54, 1.807) is 6.92 Å². The van der Waals surface area contributed by atoms with Crippen LogP contribution in [-0.2, 0) is 28.5 Å². The van der Waals surface area contributed by atoms with Gasteiger partial charge in [-0.15, -0.1) is 0 Å². The number of aliphatic hydroxyl groups excluding tert-OH is 2.